The van der Waals surface area contributed by atoms with E-state index in [0.29, 0.717) is 17.3 Å². The predicted octanol–water partition coefficient (Wildman–Crippen LogP) is 2.85. The van der Waals surface area contributed by atoms with E-state index in [1.807, 2.05) is 11.4 Å². The second kappa shape index (κ2) is 6.93. The zero-order valence-corrected chi connectivity index (χ0v) is 10.6. The van der Waals surface area contributed by atoms with Crippen LogP contribution in [0.3, 0.4) is 0 Å². The Labute approximate surface area is 103 Å². The van der Waals surface area contributed by atoms with Crippen LogP contribution in [-0.2, 0) is 10.5 Å². The average molecular weight is 262 g/mol. The van der Waals surface area contributed by atoms with Gasteiger partial charge in [0.15, 0.2) is 0 Å². The minimum Gasteiger partial charge on any atom is -0.350 e. The maximum atomic E-state index is 11.2. The molecule has 0 radical (unpaired) electrons. The third-order valence-corrected chi connectivity index (χ3v) is 3.71. The summed E-state index contributed by atoms with van der Waals surface area (Å²) in [6.45, 7) is 3.84. The Bertz CT molecular complexity index is 324. The van der Waals surface area contributed by atoms with Gasteiger partial charge in [-0.1, -0.05) is 24.2 Å². The van der Waals surface area contributed by atoms with E-state index in [-0.39, 0.29) is 5.91 Å². The van der Waals surface area contributed by atoms with Gasteiger partial charge in [-0.05, 0) is 11.4 Å². The highest BCUT2D eigenvalue weighted by atomic mass is 35.5. The molecule has 0 saturated carbocycles. The second-order valence-corrected chi connectivity index (χ2v) is 5.42. The number of hydrogen-bond donors (Lipinski definition) is 1. The number of halogens is 1. The quantitative estimate of drug-likeness (QED) is 0.853. The van der Waals surface area contributed by atoms with E-state index >= 15 is 0 Å². The summed E-state index contributed by atoms with van der Waals surface area (Å²) in [4.78, 5) is 12.5. The summed E-state index contributed by atoms with van der Waals surface area (Å²) in [7, 11) is 0. The van der Waals surface area contributed by atoms with Crippen LogP contribution in [0.25, 0.3) is 0 Å². The van der Waals surface area contributed by atoms with Crippen LogP contribution < -0.4 is 5.32 Å². The molecule has 15 heavy (non-hydrogen) atoms. The Balaban J connectivity index is 2.09. The van der Waals surface area contributed by atoms with Crippen molar-refractivity contribution in [2.24, 2.45) is 0 Å². The Morgan fingerprint density at radius 2 is 2.47 bits per heavy atom. The third kappa shape index (κ3) is 5.87. The number of thiophene rings is 1. The van der Waals surface area contributed by atoms with Gasteiger partial charge in [0.2, 0.25) is 5.91 Å². The lowest BCUT2D eigenvalue weighted by atomic mass is 10.5. The van der Waals surface area contributed by atoms with Gasteiger partial charge >= 0.3 is 0 Å². The molecule has 0 aliphatic rings. The van der Waals surface area contributed by atoms with Crippen molar-refractivity contribution in [3.05, 3.63) is 34.0 Å². The lowest BCUT2D eigenvalue weighted by Gasteiger charge is -2.02. The molecular formula is C10H12ClNOS2. The molecule has 1 rings (SSSR count). The SMILES string of the molecule is C=C(Cl)CNC(=O)CSCc1cccs1. The number of thioether (sulfide) groups is 1. The molecule has 82 valence electrons. The van der Waals surface area contributed by atoms with Crippen LogP contribution in [-0.4, -0.2) is 18.2 Å². The van der Waals surface area contributed by atoms with Gasteiger partial charge in [-0.2, -0.15) is 0 Å². The summed E-state index contributed by atoms with van der Waals surface area (Å²) >= 11 is 8.82. The van der Waals surface area contributed by atoms with E-state index in [1.165, 1.54) is 4.88 Å². The molecule has 2 nitrogen and oxygen atoms in total. The van der Waals surface area contributed by atoms with Gasteiger partial charge in [0, 0.05) is 15.7 Å². The largest absolute Gasteiger partial charge is 0.350 e. The average Bonchev–Trinajstić information content (AvgIpc) is 2.67. The number of hydrogen-bond acceptors (Lipinski definition) is 3. The highest BCUT2D eigenvalue weighted by molar-refractivity contribution is 7.99. The Hall–Kier alpha value is -0.450. The van der Waals surface area contributed by atoms with E-state index in [2.05, 4.69) is 18.0 Å². The molecule has 1 amide bonds. The summed E-state index contributed by atoms with van der Waals surface area (Å²) in [6.07, 6.45) is 0. The van der Waals surface area contributed by atoms with Gasteiger partial charge in [0.25, 0.3) is 0 Å². The summed E-state index contributed by atoms with van der Waals surface area (Å²) < 4.78 is 0. The van der Waals surface area contributed by atoms with Crippen molar-refractivity contribution in [3.63, 3.8) is 0 Å². The van der Waals surface area contributed by atoms with E-state index in [9.17, 15) is 4.79 Å². The molecule has 0 aromatic carbocycles. The number of nitrogens with one attached hydrogen (secondary N) is 1. The van der Waals surface area contributed by atoms with Gasteiger partial charge in [0.05, 0.1) is 12.3 Å². The fraction of sp³-hybridized carbons (Fsp3) is 0.300. The van der Waals surface area contributed by atoms with Gasteiger partial charge in [-0.25, -0.2) is 0 Å². The molecule has 0 aliphatic carbocycles. The second-order valence-electron chi connectivity index (χ2n) is 2.87. The van der Waals surface area contributed by atoms with Crippen LogP contribution >= 0.6 is 34.7 Å². The van der Waals surface area contributed by atoms with Crippen molar-refractivity contribution in [1.82, 2.24) is 5.32 Å². The normalized spacial score (nSPS) is 9.93. The zero-order chi connectivity index (χ0) is 11.1. The summed E-state index contributed by atoms with van der Waals surface area (Å²) in [5.74, 6) is 1.34. The molecule has 1 heterocycles. The van der Waals surface area contributed by atoms with Gasteiger partial charge < -0.3 is 5.32 Å². The van der Waals surface area contributed by atoms with Crippen LogP contribution in [0.4, 0.5) is 0 Å². The summed E-state index contributed by atoms with van der Waals surface area (Å²) in [5.41, 5.74) is 0. The molecule has 1 aromatic rings. The van der Waals surface area contributed by atoms with Crippen molar-refractivity contribution in [2.45, 2.75) is 5.75 Å². The Morgan fingerprint density at radius 1 is 1.67 bits per heavy atom. The van der Waals surface area contributed by atoms with Crippen LogP contribution in [0.1, 0.15) is 4.88 Å². The number of carbonyl (C=O) groups excluding carboxylic acids is 1. The third-order valence-electron chi connectivity index (χ3n) is 1.53. The van der Waals surface area contributed by atoms with Crippen LogP contribution in [0, 0.1) is 0 Å². The molecular weight excluding hydrogens is 250 g/mol. The van der Waals surface area contributed by atoms with Crippen molar-refractivity contribution in [2.75, 3.05) is 12.3 Å². The Kier molecular flexibility index (Phi) is 5.83. The summed E-state index contributed by atoms with van der Waals surface area (Å²) in [5, 5.41) is 5.16. The van der Waals surface area contributed by atoms with Gasteiger partial charge in [0.1, 0.15) is 0 Å². The van der Waals surface area contributed by atoms with Crippen molar-refractivity contribution < 1.29 is 4.79 Å². The number of rotatable bonds is 6. The molecule has 0 unspecified atom stereocenters. The van der Waals surface area contributed by atoms with E-state index < -0.39 is 0 Å². The molecule has 0 fully saturated rings. The molecule has 5 heteroatoms. The smallest absolute Gasteiger partial charge is 0.230 e. The first-order valence-electron chi connectivity index (χ1n) is 4.38. The standard InChI is InChI=1S/C10H12ClNOS2/c1-8(11)5-12-10(13)7-14-6-9-3-2-4-15-9/h2-4H,1,5-7H2,(H,12,13). The minimum absolute atomic E-state index is 0.00152. The van der Waals surface area contributed by atoms with Crippen LogP contribution in [0.5, 0.6) is 0 Å². The molecule has 0 aliphatic heterocycles. The first kappa shape index (κ1) is 12.6. The predicted molar refractivity (Wildman–Crippen MR) is 68.5 cm³/mol. The highest BCUT2D eigenvalue weighted by Gasteiger charge is 2.01. The lowest BCUT2D eigenvalue weighted by Crippen LogP contribution is -2.26. The van der Waals surface area contributed by atoms with E-state index in [1.54, 1.807) is 23.1 Å². The zero-order valence-electron chi connectivity index (χ0n) is 8.16. The molecule has 0 atom stereocenters. The van der Waals surface area contributed by atoms with Crippen molar-refractivity contribution in [1.29, 1.82) is 0 Å². The van der Waals surface area contributed by atoms with E-state index in [4.69, 9.17) is 11.6 Å². The van der Waals surface area contributed by atoms with Gasteiger partial charge in [-0.15, -0.1) is 23.1 Å². The molecule has 0 spiro atoms. The minimum atomic E-state index is -0.00152. The van der Waals surface area contributed by atoms with Crippen molar-refractivity contribution in [3.8, 4) is 0 Å². The van der Waals surface area contributed by atoms with Crippen LogP contribution in [0.15, 0.2) is 29.1 Å². The molecule has 1 aromatic heterocycles. The fourth-order valence-corrected chi connectivity index (χ4v) is 2.65. The highest BCUT2D eigenvalue weighted by Crippen LogP contribution is 2.16. The molecule has 1 N–H and O–H groups in total. The first-order chi connectivity index (χ1) is 7.18. The maximum Gasteiger partial charge on any atom is 0.230 e. The fourth-order valence-electron chi connectivity index (χ4n) is 0.885. The van der Waals surface area contributed by atoms with Crippen LogP contribution in [0.2, 0.25) is 0 Å². The van der Waals surface area contributed by atoms with E-state index in [0.717, 1.165) is 5.75 Å². The molecule has 0 saturated heterocycles. The number of carbonyl (C=O) groups is 1. The Morgan fingerprint density at radius 3 is 3.07 bits per heavy atom. The van der Waals surface area contributed by atoms with Crippen molar-refractivity contribution >= 4 is 40.6 Å². The lowest BCUT2D eigenvalue weighted by molar-refractivity contribution is -0.118. The molecule has 0 bridgehead atoms. The summed E-state index contributed by atoms with van der Waals surface area (Å²) in [6, 6.07) is 4.08. The monoisotopic (exact) mass is 261 g/mol. The van der Waals surface area contributed by atoms with Gasteiger partial charge in [-0.3, -0.25) is 4.79 Å². The number of amides is 1. The maximum absolute atomic E-state index is 11.2. The topological polar surface area (TPSA) is 29.1 Å². The first-order valence-corrected chi connectivity index (χ1v) is 6.80.